The second kappa shape index (κ2) is 15.5. The van der Waals surface area contributed by atoms with Crippen LogP contribution in [0.5, 0.6) is 11.5 Å². The first-order valence-electron chi connectivity index (χ1n) is 15.2. The Balaban J connectivity index is 1.23. The highest BCUT2D eigenvalue weighted by Gasteiger charge is 2.24. The van der Waals surface area contributed by atoms with Crippen LogP contribution in [0.4, 0.5) is 15.8 Å². The number of rotatable bonds is 10. The molecule has 1 aliphatic heterocycles. The van der Waals surface area contributed by atoms with E-state index in [1.54, 1.807) is 66.7 Å². The maximum absolute atomic E-state index is 14.7. The second-order valence-electron chi connectivity index (χ2n) is 10.8. The summed E-state index contributed by atoms with van der Waals surface area (Å²) in [5.74, 6) is -1.02. The highest BCUT2D eigenvalue weighted by Crippen LogP contribution is 2.38. The topological polar surface area (TPSA) is 106 Å². The van der Waals surface area contributed by atoms with E-state index in [1.165, 1.54) is 36.0 Å². The van der Waals surface area contributed by atoms with Gasteiger partial charge in [0, 0.05) is 33.5 Å². The van der Waals surface area contributed by atoms with Crippen LogP contribution in [0.3, 0.4) is 0 Å². The average molecular weight is 694 g/mol. The van der Waals surface area contributed by atoms with E-state index in [2.05, 4.69) is 16.0 Å². The van der Waals surface area contributed by atoms with Crippen LogP contribution in [0.25, 0.3) is 6.08 Å². The summed E-state index contributed by atoms with van der Waals surface area (Å²) in [6.07, 6.45) is 1.19. The molecule has 0 spiro atoms. The van der Waals surface area contributed by atoms with E-state index in [4.69, 9.17) is 21.1 Å². The van der Waals surface area contributed by atoms with Crippen molar-refractivity contribution in [3.63, 3.8) is 0 Å². The lowest BCUT2D eigenvalue weighted by atomic mass is 10.1. The van der Waals surface area contributed by atoms with Crippen molar-refractivity contribution in [3.8, 4) is 11.5 Å². The van der Waals surface area contributed by atoms with Gasteiger partial charge in [-0.15, -0.1) is 11.8 Å². The Morgan fingerprint density at radius 2 is 1.45 bits per heavy atom. The molecule has 3 amide bonds. The zero-order chi connectivity index (χ0) is 34.2. The molecule has 6 rings (SSSR count). The van der Waals surface area contributed by atoms with Crippen LogP contribution in [0.2, 0.25) is 5.02 Å². The fourth-order valence-electron chi connectivity index (χ4n) is 4.95. The monoisotopic (exact) mass is 693 g/mol. The summed E-state index contributed by atoms with van der Waals surface area (Å²) >= 11 is 7.53. The number of hydrogen-bond acceptors (Lipinski definition) is 6. The smallest absolute Gasteiger partial charge is 0.272 e. The molecule has 5 aromatic carbocycles. The van der Waals surface area contributed by atoms with Crippen molar-refractivity contribution >= 4 is 58.5 Å². The van der Waals surface area contributed by atoms with Gasteiger partial charge in [-0.3, -0.25) is 14.4 Å². The Labute approximate surface area is 291 Å². The lowest BCUT2D eigenvalue weighted by molar-refractivity contribution is -0.116. The maximum Gasteiger partial charge on any atom is 0.272 e. The summed E-state index contributed by atoms with van der Waals surface area (Å²) in [5, 5.41) is 7.76. The molecule has 0 saturated heterocycles. The number of carbonyl (C=O) groups excluding carboxylic acids is 3. The number of benzene rings is 5. The van der Waals surface area contributed by atoms with E-state index in [-0.39, 0.29) is 22.2 Å². The standard InChI is InChI=1S/C38H29ClFN3O5S/c39-30-15-8-16-31(40)29(30)23-32(43-36(44)25-11-5-2-6-12-25)37(45)41-26-13-7-14-28(21-26)49-35(24-9-3-1-4-10-24)38(46)42-27-17-18-33-34(22-27)48-20-19-47-33/h1-18,21-23,35H,19-20H2,(H,41,45)(H,42,46)(H,43,44)/b32-23+. The molecule has 8 nitrogen and oxygen atoms in total. The Bertz CT molecular complexity index is 2010. The summed E-state index contributed by atoms with van der Waals surface area (Å²) in [6.45, 7) is 0.887. The Kier molecular flexibility index (Phi) is 10.6. The molecule has 49 heavy (non-hydrogen) atoms. The van der Waals surface area contributed by atoms with Crippen molar-refractivity contribution in [2.75, 3.05) is 23.8 Å². The van der Waals surface area contributed by atoms with Gasteiger partial charge in [0.2, 0.25) is 5.91 Å². The quantitative estimate of drug-likeness (QED) is 0.101. The molecule has 0 aliphatic carbocycles. The van der Waals surface area contributed by atoms with E-state index in [0.717, 1.165) is 5.56 Å². The van der Waals surface area contributed by atoms with E-state index < -0.39 is 22.9 Å². The van der Waals surface area contributed by atoms with Gasteiger partial charge in [-0.25, -0.2) is 4.39 Å². The van der Waals surface area contributed by atoms with E-state index in [0.29, 0.717) is 46.5 Å². The fraction of sp³-hybridized carbons (Fsp3) is 0.0789. The zero-order valence-electron chi connectivity index (χ0n) is 25.8. The van der Waals surface area contributed by atoms with Gasteiger partial charge >= 0.3 is 0 Å². The molecular weight excluding hydrogens is 665 g/mol. The molecule has 0 bridgehead atoms. The minimum atomic E-state index is -0.707. The predicted octanol–water partition coefficient (Wildman–Crippen LogP) is 8.13. The Hall–Kier alpha value is -5.58. The third kappa shape index (κ3) is 8.48. The van der Waals surface area contributed by atoms with Crippen molar-refractivity contribution in [2.45, 2.75) is 10.1 Å². The number of anilines is 2. The number of fused-ring (bicyclic) bond motifs is 1. The van der Waals surface area contributed by atoms with Crippen LogP contribution in [0.1, 0.15) is 26.7 Å². The van der Waals surface area contributed by atoms with Crippen LogP contribution in [0.15, 0.2) is 132 Å². The molecule has 3 N–H and O–H groups in total. The molecule has 5 aromatic rings. The summed E-state index contributed by atoms with van der Waals surface area (Å²) in [4.78, 5) is 41.1. The third-order valence-electron chi connectivity index (χ3n) is 7.31. The van der Waals surface area contributed by atoms with Gasteiger partial charge in [-0.1, -0.05) is 72.3 Å². The minimum Gasteiger partial charge on any atom is -0.486 e. The molecule has 1 aliphatic rings. The lowest BCUT2D eigenvalue weighted by Crippen LogP contribution is -2.30. The van der Waals surface area contributed by atoms with Gasteiger partial charge in [0.1, 0.15) is 30.0 Å². The van der Waals surface area contributed by atoms with Gasteiger partial charge in [-0.2, -0.15) is 0 Å². The second-order valence-corrected chi connectivity index (χ2v) is 12.3. The molecule has 0 radical (unpaired) electrons. The number of halogens is 2. The predicted molar refractivity (Wildman–Crippen MR) is 189 cm³/mol. The van der Waals surface area contributed by atoms with Gasteiger partial charge in [0.25, 0.3) is 11.8 Å². The Morgan fingerprint density at radius 1 is 0.755 bits per heavy atom. The number of nitrogens with one attached hydrogen (secondary N) is 3. The summed E-state index contributed by atoms with van der Waals surface area (Å²) < 4.78 is 26.0. The summed E-state index contributed by atoms with van der Waals surface area (Å²) in [7, 11) is 0. The van der Waals surface area contributed by atoms with Gasteiger partial charge < -0.3 is 25.4 Å². The van der Waals surface area contributed by atoms with E-state index in [1.807, 2.05) is 36.4 Å². The van der Waals surface area contributed by atoms with Crippen LogP contribution in [-0.2, 0) is 9.59 Å². The highest BCUT2D eigenvalue weighted by atomic mass is 35.5. The molecule has 1 unspecified atom stereocenters. The van der Waals surface area contributed by atoms with Gasteiger partial charge in [0.05, 0.1) is 5.02 Å². The number of thioether (sulfide) groups is 1. The SMILES string of the molecule is O=C(Nc1cccc(SC(C(=O)Nc2ccc3c(c2)OCCO3)c2ccccc2)c1)/C(=C\c1c(F)cccc1Cl)NC(=O)c1ccccc1. The first-order valence-corrected chi connectivity index (χ1v) is 16.5. The van der Waals surface area contributed by atoms with Crippen molar-refractivity contribution < 1.29 is 28.2 Å². The van der Waals surface area contributed by atoms with Crippen LogP contribution < -0.4 is 25.4 Å². The molecule has 246 valence electrons. The third-order valence-corrected chi connectivity index (χ3v) is 8.89. The lowest BCUT2D eigenvalue weighted by Gasteiger charge is -2.20. The van der Waals surface area contributed by atoms with Crippen LogP contribution >= 0.6 is 23.4 Å². The molecular formula is C38H29ClFN3O5S. The molecule has 1 atom stereocenters. The van der Waals surface area contributed by atoms with Gasteiger partial charge in [0.15, 0.2) is 11.5 Å². The maximum atomic E-state index is 14.7. The molecule has 11 heteroatoms. The molecule has 0 aromatic heterocycles. The number of carbonyl (C=O) groups is 3. The molecule has 0 saturated carbocycles. The van der Waals surface area contributed by atoms with Crippen molar-refractivity contribution in [2.24, 2.45) is 0 Å². The van der Waals surface area contributed by atoms with Crippen LogP contribution in [0, 0.1) is 5.82 Å². The first-order chi connectivity index (χ1) is 23.8. The van der Waals surface area contributed by atoms with E-state index >= 15 is 0 Å². The normalized spacial score (nSPS) is 12.8. The number of ether oxygens (including phenoxy) is 2. The summed E-state index contributed by atoms with van der Waals surface area (Å²) in [6, 6.07) is 34.0. The van der Waals surface area contributed by atoms with Crippen LogP contribution in [-0.4, -0.2) is 30.9 Å². The largest absolute Gasteiger partial charge is 0.486 e. The fourth-order valence-corrected chi connectivity index (χ4v) is 6.25. The zero-order valence-corrected chi connectivity index (χ0v) is 27.4. The van der Waals surface area contributed by atoms with E-state index in [9.17, 15) is 18.8 Å². The molecule has 0 fully saturated rings. The van der Waals surface area contributed by atoms with Crippen molar-refractivity contribution in [1.29, 1.82) is 0 Å². The average Bonchev–Trinajstić information content (AvgIpc) is 3.12. The minimum absolute atomic E-state index is 0.0540. The van der Waals surface area contributed by atoms with Crippen molar-refractivity contribution in [1.82, 2.24) is 5.32 Å². The highest BCUT2D eigenvalue weighted by molar-refractivity contribution is 8.00. The Morgan fingerprint density at radius 3 is 2.20 bits per heavy atom. The molecule has 1 heterocycles. The summed E-state index contributed by atoms with van der Waals surface area (Å²) in [5.41, 5.74) is 1.74. The van der Waals surface area contributed by atoms with Gasteiger partial charge in [-0.05, 0) is 66.2 Å². The number of hydrogen-bond donors (Lipinski definition) is 3. The van der Waals surface area contributed by atoms with Crippen molar-refractivity contribution in [3.05, 3.63) is 155 Å². The first kappa shape index (κ1) is 33.3. The number of amides is 3.